The number of hydrogen-bond donors (Lipinski definition) is 4. The van der Waals surface area contributed by atoms with Gasteiger partial charge in [-0.1, -0.05) is 17.7 Å². The minimum absolute atomic E-state index is 0.326. The van der Waals surface area contributed by atoms with Crippen LogP contribution < -0.4 is 17.0 Å². The van der Waals surface area contributed by atoms with E-state index in [0.29, 0.717) is 18.1 Å². The number of carboxylic acid groups (broad SMARTS) is 1. The van der Waals surface area contributed by atoms with Gasteiger partial charge in [0.1, 0.15) is 5.70 Å². The van der Waals surface area contributed by atoms with Crippen molar-refractivity contribution in [1.29, 1.82) is 0 Å². The maximum atomic E-state index is 12.2. The number of carbonyl (C=O) groups excluding carboxylic acids is 1. The van der Waals surface area contributed by atoms with Crippen molar-refractivity contribution < 1.29 is 14.7 Å². The second kappa shape index (κ2) is 5.40. The molecule has 1 aliphatic heterocycles. The van der Waals surface area contributed by atoms with Crippen LogP contribution in [-0.2, 0) is 22.7 Å². The second-order valence-corrected chi connectivity index (χ2v) is 4.75. The van der Waals surface area contributed by atoms with Gasteiger partial charge in [0, 0.05) is 18.1 Å². The highest BCUT2D eigenvalue weighted by Crippen LogP contribution is 2.26. The van der Waals surface area contributed by atoms with Crippen LogP contribution in [0.5, 0.6) is 0 Å². The molecule has 0 atom stereocenters. The van der Waals surface area contributed by atoms with Gasteiger partial charge in [0.25, 0.3) is 5.91 Å². The van der Waals surface area contributed by atoms with Gasteiger partial charge in [-0.3, -0.25) is 10.6 Å². The summed E-state index contributed by atoms with van der Waals surface area (Å²) in [6, 6.07) is 5.32. The number of fused-ring (bicyclic) bond motifs is 1. The summed E-state index contributed by atoms with van der Waals surface area (Å²) in [6.45, 7) is 0.677. The van der Waals surface area contributed by atoms with E-state index in [9.17, 15) is 9.59 Å². The summed E-state index contributed by atoms with van der Waals surface area (Å²) >= 11 is 5.89. The fourth-order valence-corrected chi connectivity index (χ4v) is 2.23. The van der Waals surface area contributed by atoms with E-state index >= 15 is 0 Å². The molecule has 0 spiro atoms. The molecule has 0 saturated heterocycles. The van der Waals surface area contributed by atoms with E-state index in [2.05, 4.69) is 0 Å². The monoisotopic (exact) mass is 296 g/mol. The van der Waals surface area contributed by atoms with Crippen LogP contribution in [-0.4, -0.2) is 21.9 Å². The summed E-state index contributed by atoms with van der Waals surface area (Å²) < 4.78 is 0. The summed E-state index contributed by atoms with van der Waals surface area (Å²) in [5.74, 6) is 3.08. The Kier molecular flexibility index (Phi) is 3.82. The molecule has 1 heterocycles. The number of carboxylic acids is 1. The van der Waals surface area contributed by atoms with Crippen LogP contribution in [0.3, 0.4) is 0 Å². The number of nitrogens with one attached hydrogen (secondary N) is 1. The van der Waals surface area contributed by atoms with Gasteiger partial charge in [-0.05, 0) is 23.3 Å². The normalized spacial score (nSPS) is 14.6. The average Bonchev–Trinajstić information content (AvgIpc) is 2.80. The first-order valence-electron chi connectivity index (χ1n) is 5.70. The molecule has 7 nitrogen and oxygen atoms in total. The van der Waals surface area contributed by atoms with Crippen molar-refractivity contribution in [2.75, 3.05) is 0 Å². The van der Waals surface area contributed by atoms with Gasteiger partial charge in [-0.15, -0.1) is 0 Å². The molecule has 6 N–H and O–H groups in total. The molecule has 0 radical (unpaired) electrons. The van der Waals surface area contributed by atoms with E-state index in [4.69, 9.17) is 28.3 Å². The van der Waals surface area contributed by atoms with E-state index in [1.54, 1.807) is 12.1 Å². The largest absolute Gasteiger partial charge is 0.476 e. The number of amides is 1. The minimum atomic E-state index is -1.39. The molecule has 0 unspecified atom stereocenters. The Morgan fingerprint density at radius 2 is 1.95 bits per heavy atom. The van der Waals surface area contributed by atoms with Crippen molar-refractivity contribution in [3.8, 4) is 0 Å². The lowest BCUT2D eigenvalue weighted by Crippen LogP contribution is -2.37. The number of benzene rings is 1. The molecule has 0 saturated carbocycles. The van der Waals surface area contributed by atoms with Crippen molar-refractivity contribution in [2.24, 2.45) is 11.6 Å². The highest BCUT2D eigenvalue weighted by Gasteiger charge is 2.27. The van der Waals surface area contributed by atoms with E-state index < -0.39 is 23.3 Å². The Morgan fingerprint density at radius 1 is 1.30 bits per heavy atom. The molecule has 1 aromatic rings. The molecule has 1 amide bonds. The second-order valence-electron chi connectivity index (χ2n) is 4.31. The van der Waals surface area contributed by atoms with Crippen molar-refractivity contribution in [3.05, 3.63) is 45.7 Å². The SMILES string of the molecule is NN/C(C(=O)O)=C(\N)C(=O)N1Cc2ccc(Cl)cc2C1. The highest BCUT2D eigenvalue weighted by atomic mass is 35.5. The molecule has 0 fully saturated rings. The van der Waals surface area contributed by atoms with E-state index in [1.165, 1.54) is 4.90 Å². The van der Waals surface area contributed by atoms with Crippen LogP contribution in [0.2, 0.25) is 5.02 Å². The van der Waals surface area contributed by atoms with Crippen LogP contribution in [0.25, 0.3) is 0 Å². The third-order valence-corrected chi connectivity index (χ3v) is 3.27. The lowest BCUT2D eigenvalue weighted by atomic mass is 10.1. The lowest BCUT2D eigenvalue weighted by molar-refractivity contribution is -0.134. The van der Waals surface area contributed by atoms with E-state index in [0.717, 1.165) is 11.1 Å². The third kappa shape index (κ3) is 2.54. The summed E-state index contributed by atoms with van der Waals surface area (Å²) in [4.78, 5) is 24.5. The maximum absolute atomic E-state index is 12.2. The highest BCUT2D eigenvalue weighted by molar-refractivity contribution is 6.30. The van der Waals surface area contributed by atoms with Gasteiger partial charge in [-0.2, -0.15) is 0 Å². The van der Waals surface area contributed by atoms with E-state index in [1.807, 2.05) is 11.5 Å². The number of hydrogen-bond acceptors (Lipinski definition) is 5. The Balaban J connectivity index is 2.23. The number of hydrazine groups is 1. The minimum Gasteiger partial charge on any atom is -0.476 e. The first-order chi connectivity index (χ1) is 9.43. The summed E-state index contributed by atoms with van der Waals surface area (Å²) in [7, 11) is 0. The number of carbonyl (C=O) groups is 2. The summed E-state index contributed by atoms with van der Waals surface area (Å²) in [6.07, 6.45) is 0. The zero-order chi connectivity index (χ0) is 14.9. The summed E-state index contributed by atoms with van der Waals surface area (Å²) in [5, 5.41) is 9.46. The fraction of sp³-hybridized carbons (Fsp3) is 0.167. The predicted molar refractivity (Wildman–Crippen MR) is 71.9 cm³/mol. The van der Waals surface area contributed by atoms with Crippen LogP contribution >= 0.6 is 11.6 Å². The molecule has 1 aromatic carbocycles. The zero-order valence-corrected chi connectivity index (χ0v) is 11.1. The first-order valence-corrected chi connectivity index (χ1v) is 6.08. The predicted octanol–water partition coefficient (Wildman–Crippen LogP) is -0.0996. The number of aliphatic carboxylic acids is 1. The van der Waals surface area contributed by atoms with Gasteiger partial charge in [0.05, 0.1) is 0 Å². The summed E-state index contributed by atoms with van der Waals surface area (Å²) in [5.41, 5.74) is 8.39. The van der Waals surface area contributed by atoms with Crippen molar-refractivity contribution >= 4 is 23.5 Å². The Bertz CT molecular complexity index is 615. The van der Waals surface area contributed by atoms with E-state index in [-0.39, 0.29) is 0 Å². The van der Waals surface area contributed by atoms with Crippen molar-refractivity contribution in [2.45, 2.75) is 13.1 Å². The number of rotatable bonds is 3. The molecule has 1 aliphatic rings. The quantitative estimate of drug-likeness (QED) is 0.351. The van der Waals surface area contributed by atoms with Crippen molar-refractivity contribution in [1.82, 2.24) is 10.3 Å². The molecule has 106 valence electrons. The standard InChI is InChI=1S/C12H13ClN4O3/c13-8-2-1-6-4-17(5-7(6)3-8)11(18)9(14)10(16-15)12(19)20/h1-3,16H,4-5,14-15H2,(H,19,20)/b10-9-. The Labute approximate surface area is 119 Å². The van der Waals surface area contributed by atoms with Gasteiger partial charge >= 0.3 is 5.97 Å². The topological polar surface area (TPSA) is 122 Å². The number of nitrogens with zero attached hydrogens (tertiary/aromatic N) is 1. The van der Waals surface area contributed by atoms with Gasteiger partial charge in [-0.25, -0.2) is 4.79 Å². The smallest absolute Gasteiger partial charge is 0.355 e. The maximum Gasteiger partial charge on any atom is 0.355 e. The zero-order valence-electron chi connectivity index (χ0n) is 10.4. The molecular formula is C12H13ClN4O3. The first kappa shape index (κ1) is 14.2. The number of halogens is 1. The number of nitrogens with two attached hydrogens (primary N) is 2. The molecule has 0 bridgehead atoms. The van der Waals surface area contributed by atoms with Gasteiger partial charge in [0.15, 0.2) is 5.70 Å². The average molecular weight is 297 g/mol. The third-order valence-electron chi connectivity index (χ3n) is 3.04. The molecule has 0 aromatic heterocycles. The Hall–Kier alpha value is -2.25. The van der Waals surface area contributed by atoms with Gasteiger partial charge in [0.2, 0.25) is 0 Å². The van der Waals surface area contributed by atoms with Crippen molar-refractivity contribution in [3.63, 3.8) is 0 Å². The molecule has 0 aliphatic carbocycles. The van der Waals surface area contributed by atoms with Crippen LogP contribution in [0.1, 0.15) is 11.1 Å². The van der Waals surface area contributed by atoms with Crippen LogP contribution in [0.4, 0.5) is 0 Å². The van der Waals surface area contributed by atoms with Crippen LogP contribution in [0.15, 0.2) is 29.6 Å². The molecule has 2 rings (SSSR count). The molecular weight excluding hydrogens is 284 g/mol. The van der Waals surface area contributed by atoms with Gasteiger partial charge < -0.3 is 21.2 Å². The Morgan fingerprint density at radius 3 is 2.55 bits per heavy atom. The van der Waals surface area contributed by atoms with Crippen LogP contribution in [0, 0.1) is 0 Å². The fourth-order valence-electron chi connectivity index (χ4n) is 2.04. The lowest BCUT2D eigenvalue weighted by Gasteiger charge is -2.16. The molecule has 20 heavy (non-hydrogen) atoms. The molecule has 8 heteroatoms.